The largest absolute Gasteiger partial charge is 0.497 e. The Morgan fingerprint density at radius 3 is 2.56 bits per heavy atom. The van der Waals surface area contributed by atoms with Gasteiger partial charge in [0.15, 0.2) is 9.84 Å². The van der Waals surface area contributed by atoms with Crippen LogP contribution in [0.2, 0.25) is 0 Å². The zero-order valence-electron chi connectivity index (χ0n) is 11.1. The Balaban J connectivity index is 2.57. The molecular formula is C13H19NO3S. The number of fused-ring (bicyclic) bond motifs is 1. The Kier molecular flexibility index (Phi) is 3.05. The average molecular weight is 269 g/mol. The first-order valence-electron chi connectivity index (χ1n) is 5.92. The van der Waals surface area contributed by atoms with Crippen LogP contribution in [0.3, 0.4) is 0 Å². The number of methoxy groups -OCH3 is 1. The van der Waals surface area contributed by atoms with E-state index in [1.807, 2.05) is 20.8 Å². The summed E-state index contributed by atoms with van der Waals surface area (Å²) in [6.45, 7) is 6.29. The van der Waals surface area contributed by atoms with Crippen LogP contribution in [-0.4, -0.2) is 27.3 Å². The molecule has 0 radical (unpaired) electrons. The molecule has 1 unspecified atom stereocenters. The van der Waals surface area contributed by atoms with E-state index in [2.05, 4.69) is 5.32 Å². The minimum Gasteiger partial charge on any atom is -0.497 e. The summed E-state index contributed by atoms with van der Waals surface area (Å²) >= 11 is 0. The lowest BCUT2D eigenvalue weighted by atomic mass is 9.91. The number of nitrogens with one attached hydrogen (secondary N) is 1. The van der Waals surface area contributed by atoms with Crippen LogP contribution in [0.1, 0.15) is 20.8 Å². The van der Waals surface area contributed by atoms with Crippen LogP contribution in [0.4, 0.5) is 5.69 Å². The molecule has 0 aromatic heterocycles. The van der Waals surface area contributed by atoms with Gasteiger partial charge in [-0.3, -0.25) is 0 Å². The van der Waals surface area contributed by atoms with Crippen LogP contribution in [0.15, 0.2) is 23.1 Å². The number of ether oxygens (including phenoxy) is 1. The van der Waals surface area contributed by atoms with Crippen molar-refractivity contribution >= 4 is 15.5 Å². The maximum Gasteiger partial charge on any atom is 0.185 e. The number of hydrogen-bond donors (Lipinski definition) is 1. The van der Waals surface area contributed by atoms with Crippen LogP contribution in [0.5, 0.6) is 5.75 Å². The third-order valence-electron chi connectivity index (χ3n) is 3.31. The molecule has 5 heteroatoms. The molecule has 0 spiro atoms. The lowest BCUT2D eigenvalue weighted by Gasteiger charge is -2.35. The zero-order valence-corrected chi connectivity index (χ0v) is 12.0. The summed E-state index contributed by atoms with van der Waals surface area (Å²) in [4.78, 5) is 0.341. The second kappa shape index (κ2) is 4.16. The van der Waals surface area contributed by atoms with Crippen molar-refractivity contribution in [3.63, 3.8) is 0 Å². The van der Waals surface area contributed by atoms with Gasteiger partial charge in [0.2, 0.25) is 0 Å². The van der Waals surface area contributed by atoms with Gasteiger partial charge in [0.05, 0.1) is 22.9 Å². The highest BCUT2D eigenvalue weighted by molar-refractivity contribution is 7.92. The summed E-state index contributed by atoms with van der Waals surface area (Å²) in [5.74, 6) is 0.564. The SMILES string of the molecule is COc1ccc2c(c1)S(=O)(=O)C(C(C)(C)C)CN2. The summed E-state index contributed by atoms with van der Waals surface area (Å²) in [5, 5.41) is 2.77. The lowest BCUT2D eigenvalue weighted by molar-refractivity contribution is 0.381. The van der Waals surface area contributed by atoms with E-state index in [1.54, 1.807) is 18.2 Å². The molecule has 1 N–H and O–H groups in total. The normalized spacial score (nSPS) is 21.9. The highest BCUT2D eigenvalue weighted by atomic mass is 32.2. The van der Waals surface area contributed by atoms with Gasteiger partial charge in [-0.2, -0.15) is 0 Å². The van der Waals surface area contributed by atoms with E-state index in [0.29, 0.717) is 22.9 Å². The summed E-state index contributed by atoms with van der Waals surface area (Å²) in [6.07, 6.45) is 0. The van der Waals surface area contributed by atoms with Crippen LogP contribution >= 0.6 is 0 Å². The maximum atomic E-state index is 12.6. The fourth-order valence-corrected chi connectivity index (χ4v) is 4.52. The van der Waals surface area contributed by atoms with Crippen molar-refractivity contribution in [2.24, 2.45) is 5.41 Å². The average Bonchev–Trinajstić information content (AvgIpc) is 2.26. The van der Waals surface area contributed by atoms with Crippen molar-refractivity contribution in [2.45, 2.75) is 30.9 Å². The molecule has 1 aliphatic rings. The highest BCUT2D eigenvalue weighted by Gasteiger charge is 2.41. The number of sulfone groups is 1. The Bertz CT molecular complexity index is 558. The Labute approximate surface area is 108 Å². The lowest BCUT2D eigenvalue weighted by Crippen LogP contribution is -2.43. The Morgan fingerprint density at radius 2 is 2.00 bits per heavy atom. The second-order valence-corrected chi connectivity index (χ2v) is 7.74. The summed E-state index contributed by atoms with van der Waals surface area (Å²) in [5.41, 5.74) is 0.364. The topological polar surface area (TPSA) is 55.4 Å². The molecular weight excluding hydrogens is 250 g/mol. The van der Waals surface area contributed by atoms with Gasteiger partial charge in [-0.15, -0.1) is 0 Å². The zero-order chi connectivity index (χ0) is 13.6. The standard InChI is InChI=1S/C13H19NO3S/c1-13(2,3)12-8-14-10-6-5-9(17-4)7-11(10)18(12,15)16/h5-7,12,14H,8H2,1-4H3. The molecule has 0 bridgehead atoms. The predicted octanol–water partition coefficient (Wildman–Crippen LogP) is 2.31. The molecule has 4 nitrogen and oxygen atoms in total. The molecule has 0 saturated heterocycles. The molecule has 0 fully saturated rings. The van der Waals surface area contributed by atoms with Crippen LogP contribution in [0.25, 0.3) is 0 Å². The van der Waals surface area contributed by atoms with E-state index in [1.165, 1.54) is 7.11 Å². The van der Waals surface area contributed by atoms with E-state index in [-0.39, 0.29) is 5.41 Å². The van der Waals surface area contributed by atoms with Crippen molar-refractivity contribution < 1.29 is 13.2 Å². The monoisotopic (exact) mass is 269 g/mol. The fraction of sp³-hybridized carbons (Fsp3) is 0.538. The van der Waals surface area contributed by atoms with Crippen LogP contribution in [-0.2, 0) is 9.84 Å². The predicted molar refractivity (Wildman–Crippen MR) is 71.9 cm³/mol. The number of benzene rings is 1. The molecule has 1 aliphatic heterocycles. The van der Waals surface area contributed by atoms with Gasteiger partial charge in [-0.25, -0.2) is 8.42 Å². The molecule has 100 valence electrons. The van der Waals surface area contributed by atoms with E-state index in [4.69, 9.17) is 4.74 Å². The third-order valence-corrected chi connectivity index (χ3v) is 5.89. The van der Waals surface area contributed by atoms with Gasteiger partial charge >= 0.3 is 0 Å². The molecule has 0 aliphatic carbocycles. The van der Waals surface area contributed by atoms with E-state index < -0.39 is 15.1 Å². The smallest absolute Gasteiger partial charge is 0.185 e. The van der Waals surface area contributed by atoms with E-state index in [9.17, 15) is 8.42 Å². The van der Waals surface area contributed by atoms with E-state index >= 15 is 0 Å². The van der Waals surface area contributed by atoms with Gasteiger partial charge in [0.25, 0.3) is 0 Å². The number of anilines is 1. The van der Waals surface area contributed by atoms with Crippen molar-refractivity contribution in [3.8, 4) is 5.75 Å². The van der Waals surface area contributed by atoms with Gasteiger partial charge < -0.3 is 10.1 Å². The number of hydrogen-bond acceptors (Lipinski definition) is 4. The van der Waals surface area contributed by atoms with Crippen LogP contribution < -0.4 is 10.1 Å². The molecule has 0 amide bonds. The second-order valence-electron chi connectivity index (χ2n) is 5.64. The van der Waals surface area contributed by atoms with Crippen LogP contribution in [0, 0.1) is 5.41 Å². The highest BCUT2D eigenvalue weighted by Crippen LogP contribution is 2.38. The maximum absolute atomic E-state index is 12.6. The van der Waals surface area contributed by atoms with Crippen molar-refractivity contribution in [1.29, 1.82) is 0 Å². The van der Waals surface area contributed by atoms with Crippen molar-refractivity contribution in [3.05, 3.63) is 18.2 Å². The summed E-state index contributed by atoms with van der Waals surface area (Å²) in [7, 11) is -1.78. The quantitative estimate of drug-likeness (QED) is 0.850. The van der Waals surface area contributed by atoms with Gasteiger partial charge in [-0.1, -0.05) is 20.8 Å². The molecule has 2 rings (SSSR count). The molecule has 1 aromatic rings. The van der Waals surface area contributed by atoms with Gasteiger partial charge in [-0.05, 0) is 17.5 Å². The van der Waals surface area contributed by atoms with E-state index in [0.717, 1.165) is 0 Å². The summed E-state index contributed by atoms with van der Waals surface area (Å²) in [6, 6.07) is 5.11. The molecule has 1 heterocycles. The van der Waals surface area contributed by atoms with Gasteiger partial charge in [0, 0.05) is 12.6 Å². The summed E-state index contributed by atoms with van der Waals surface area (Å²) < 4.78 is 30.3. The third kappa shape index (κ3) is 2.07. The van der Waals surface area contributed by atoms with Crippen molar-refractivity contribution in [2.75, 3.05) is 19.0 Å². The molecule has 18 heavy (non-hydrogen) atoms. The molecule has 0 saturated carbocycles. The first-order chi connectivity index (χ1) is 8.26. The molecule has 1 atom stereocenters. The fourth-order valence-electron chi connectivity index (χ4n) is 2.25. The Hall–Kier alpha value is -1.23. The minimum atomic E-state index is -3.32. The van der Waals surface area contributed by atoms with Crippen molar-refractivity contribution in [1.82, 2.24) is 0 Å². The first-order valence-corrected chi connectivity index (χ1v) is 7.47. The number of rotatable bonds is 1. The van der Waals surface area contributed by atoms with Gasteiger partial charge in [0.1, 0.15) is 5.75 Å². The molecule has 1 aromatic carbocycles. The first kappa shape index (κ1) is 13.2. The Morgan fingerprint density at radius 1 is 1.33 bits per heavy atom. The minimum absolute atomic E-state index is 0.299.